The fourth-order valence-corrected chi connectivity index (χ4v) is 2.59. The number of rotatable bonds is 7. The first-order valence-electron chi connectivity index (χ1n) is 7.87. The van der Waals surface area contributed by atoms with Crippen molar-refractivity contribution in [3.05, 3.63) is 41.1 Å². The van der Waals surface area contributed by atoms with E-state index in [9.17, 15) is 9.59 Å². The largest absolute Gasteiger partial charge is 0.496 e. The molecule has 0 unspecified atom stereocenters. The first-order valence-corrected chi connectivity index (χ1v) is 7.87. The van der Waals surface area contributed by atoms with Crippen LogP contribution >= 0.6 is 0 Å². The number of ether oxygens (including phenoxy) is 2. The molecule has 1 aromatic rings. The van der Waals surface area contributed by atoms with Crippen LogP contribution in [0.25, 0.3) is 0 Å². The Bertz CT molecular complexity index is 642. The van der Waals surface area contributed by atoms with Gasteiger partial charge in [-0.3, -0.25) is 0 Å². The number of carbonyl (C=O) groups excluding carboxylic acids is 2. The summed E-state index contributed by atoms with van der Waals surface area (Å²) in [5, 5.41) is 8.58. The Labute approximate surface area is 141 Å². The molecule has 2 amide bonds. The van der Waals surface area contributed by atoms with Crippen LogP contribution in [0.15, 0.2) is 35.5 Å². The molecule has 0 bridgehead atoms. The summed E-state index contributed by atoms with van der Waals surface area (Å²) in [5.41, 5.74) is 1.95. The number of methoxy groups -OCH3 is 1. The lowest BCUT2D eigenvalue weighted by molar-refractivity contribution is -0.139. The Morgan fingerprint density at radius 1 is 1.29 bits per heavy atom. The van der Waals surface area contributed by atoms with Crippen LogP contribution in [-0.4, -0.2) is 38.3 Å². The van der Waals surface area contributed by atoms with Gasteiger partial charge in [-0.25, -0.2) is 9.59 Å². The molecule has 0 radical (unpaired) electrons. The van der Waals surface area contributed by atoms with Gasteiger partial charge >= 0.3 is 12.0 Å². The lowest BCUT2D eigenvalue weighted by Gasteiger charge is -2.26. The molecule has 0 saturated heterocycles. The normalized spacial score (nSPS) is 17.1. The van der Waals surface area contributed by atoms with Crippen molar-refractivity contribution < 1.29 is 19.1 Å². The first kappa shape index (κ1) is 17.8. The summed E-state index contributed by atoms with van der Waals surface area (Å²) in [5.74, 6) is 0.360. The molecule has 0 aliphatic carbocycles. The number of hydrogen-bond acceptors (Lipinski definition) is 5. The van der Waals surface area contributed by atoms with Crippen LogP contribution < -0.4 is 20.7 Å². The van der Waals surface area contributed by atoms with Crippen LogP contribution in [-0.2, 0) is 16.1 Å². The molecule has 1 aliphatic rings. The van der Waals surface area contributed by atoms with Crippen molar-refractivity contribution in [3.8, 4) is 5.75 Å². The van der Waals surface area contributed by atoms with Crippen LogP contribution in [0.1, 0.15) is 19.4 Å². The topological polar surface area (TPSA) is 88.7 Å². The average Bonchev–Trinajstić information content (AvgIpc) is 2.55. The van der Waals surface area contributed by atoms with Crippen LogP contribution in [0.5, 0.6) is 5.75 Å². The highest BCUT2D eigenvalue weighted by atomic mass is 16.5. The molecule has 3 N–H and O–H groups in total. The predicted octanol–water partition coefficient (Wildman–Crippen LogP) is 1.30. The van der Waals surface area contributed by atoms with Gasteiger partial charge in [-0.2, -0.15) is 0 Å². The van der Waals surface area contributed by atoms with E-state index >= 15 is 0 Å². The summed E-state index contributed by atoms with van der Waals surface area (Å²) in [7, 11) is 1.62. The minimum atomic E-state index is -0.424. The highest BCUT2D eigenvalue weighted by molar-refractivity contribution is 5.94. The quantitative estimate of drug-likeness (QED) is 0.655. The smallest absolute Gasteiger partial charge is 0.337 e. The molecule has 7 nitrogen and oxygen atoms in total. The maximum atomic E-state index is 12.1. The number of carbonyl (C=O) groups is 2. The number of nitrogens with one attached hydrogen (secondary N) is 3. The maximum Gasteiger partial charge on any atom is 0.337 e. The van der Waals surface area contributed by atoms with Gasteiger partial charge in [0.05, 0.1) is 25.3 Å². The first-order chi connectivity index (χ1) is 11.6. The molecule has 1 atom stereocenters. The second-order valence-electron chi connectivity index (χ2n) is 5.35. The van der Waals surface area contributed by atoms with Gasteiger partial charge in [0.25, 0.3) is 0 Å². The van der Waals surface area contributed by atoms with Crippen molar-refractivity contribution in [2.45, 2.75) is 26.4 Å². The van der Waals surface area contributed by atoms with Crippen molar-refractivity contribution in [1.29, 1.82) is 0 Å². The summed E-state index contributed by atoms with van der Waals surface area (Å²) in [6.07, 6.45) is 0. The van der Waals surface area contributed by atoms with E-state index in [2.05, 4.69) is 16.0 Å². The lowest BCUT2D eigenvalue weighted by Crippen LogP contribution is -2.50. The van der Waals surface area contributed by atoms with Gasteiger partial charge in [0.1, 0.15) is 5.75 Å². The molecule has 0 saturated carbocycles. The Hall–Kier alpha value is -2.54. The second kappa shape index (κ2) is 8.35. The van der Waals surface area contributed by atoms with Crippen LogP contribution in [0.3, 0.4) is 0 Å². The van der Waals surface area contributed by atoms with Gasteiger partial charge in [-0.1, -0.05) is 18.2 Å². The van der Waals surface area contributed by atoms with E-state index in [1.807, 2.05) is 24.3 Å². The molecule has 1 aromatic carbocycles. The number of urea groups is 1. The van der Waals surface area contributed by atoms with Crippen molar-refractivity contribution >= 4 is 12.0 Å². The predicted molar refractivity (Wildman–Crippen MR) is 89.5 cm³/mol. The van der Waals surface area contributed by atoms with Crippen LogP contribution in [0.2, 0.25) is 0 Å². The molecule has 0 fully saturated rings. The highest BCUT2D eigenvalue weighted by Gasteiger charge is 2.29. The minimum absolute atomic E-state index is 0.283. The van der Waals surface area contributed by atoms with Crippen LogP contribution in [0.4, 0.5) is 4.79 Å². The summed E-state index contributed by atoms with van der Waals surface area (Å²) < 4.78 is 10.4. The molecule has 1 aliphatic heterocycles. The third-order valence-corrected chi connectivity index (χ3v) is 3.68. The SMILES string of the molecule is CCOC(=O)C1=C(CNCc2ccccc2OC)NC(=O)N[C@H]1C. The Morgan fingerprint density at radius 2 is 2.04 bits per heavy atom. The van der Waals surface area contributed by atoms with Gasteiger partial charge in [0, 0.05) is 24.4 Å². The van der Waals surface area contributed by atoms with Gasteiger partial charge in [0.15, 0.2) is 0 Å². The van der Waals surface area contributed by atoms with E-state index in [1.54, 1.807) is 21.0 Å². The van der Waals surface area contributed by atoms with E-state index in [0.717, 1.165) is 11.3 Å². The molecule has 24 heavy (non-hydrogen) atoms. The van der Waals surface area contributed by atoms with Gasteiger partial charge in [-0.05, 0) is 19.9 Å². The average molecular weight is 333 g/mol. The Kier molecular flexibility index (Phi) is 6.20. The Morgan fingerprint density at radius 3 is 2.75 bits per heavy atom. The van der Waals surface area contributed by atoms with E-state index in [4.69, 9.17) is 9.47 Å². The fourth-order valence-electron chi connectivity index (χ4n) is 2.59. The molecular weight excluding hydrogens is 310 g/mol. The highest BCUT2D eigenvalue weighted by Crippen LogP contribution is 2.17. The summed E-state index contributed by atoms with van der Waals surface area (Å²) in [4.78, 5) is 23.8. The zero-order chi connectivity index (χ0) is 17.5. The van der Waals surface area contributed by atoms with Gasteiger partial charge in [-0.15, -0.1) is 0 Å². The van der Waals surface area contributed by atoms with E-state index in [0.29, 0.717) is 24.4 Å². The third kappa shape index (κ3) is 4.26. The number of esters is 1. The fraction of sp³-hybridized carbons (Fsp3) is 0.412. The summed E-state index contributed by atoms with van der Waals surface area (Å²) >= 11 is 0. The van der Waals surface area contributed by atoms with E-state index in [1.165, 1.54) is 0 Å². The number of hydrogen-bond donors (Lipinski definition) is 3. The zero-order valence-corrected chi connectivity index (χ0v) is 14.1. The third-order valence-electron chi connectivity index (χ3n) is 3.68. The maximum absolute atomic E-state index is 12.1. The molecule has 0 spiro atoms. The number of benzene rings is 1. The Balaban J connectivity index is 2.10. The van der Waals surface area contributed by atoms with Crippen molar-refractivity contribution in [3.63, 3.8) is 0 Å². The van der Waals surface area contributed by atoms with E-state index < -0.39 is 12.0 Å². The summed E-state index contributed by atoms with van der Waals surface area (Å²) in [6, 6.07) is 6.94. The van der Waals surface area contributed by atoms with Crippen molar-refractivity contribution in [1.82, 2.24) is 16.0 Å². The minimum Gasteiger partial charge on any atom is -0.496 e. The molecule has 1 heterocycles. The zero-order valence-electron chi connectivity index (χ0n) is 14.1. The second-order valence-corrected chi connectivity index (χ2v) is 5.35. The van der Waals surface area contributed by atoms with Gasteiger partial charge < -0.3 is 25.4 Å². The molecule has 2 rings (SSSR count). The molecule has 0 aromatic heterocycles. The standard InChI is InChI=1S/C17H23N3O4/c1-4-24-16(21)15-11(2)19-17(22)20-13(15)10-18-9-12-7-5-6-8-14(12)23-3/h5-8,11,18H,4,9-10H2,1-3H3,(H2,19,20,22)/t11-/m0/s1. The monoisotopic (exact) mass is 333 g/mol. The number of para-hydroxylation sites is 1. The van der Waals surface area contributed by atoms with Crippen LogP contribution in [0, 0.1) is 0 Å². The van der Waals surface area contributed by atoms with Crippen molar-refractivity contribution in [2.75, 3.05) is 20.3 Å². The lowest BCUT2D eigenvalue weighted by atomic mass is 10.0. The summed E-state index contributed by atoms with van der Waals surface area (Å²) in [6.45, 7) is 4.67. The molecule has 7 heteroatoms. The van der Waals surface area contributed by atoms with Crippen molar-refractivity contribution in [2.24, 2.45) is 0 Å². The molecule has 130 valence electrons. The number of amides is 2. The molecular formula is C17H23N3O4. The van der Waals surface area contributed by atoms with E-state index in [-0.39, 0.29) is 12.6 Å². The van der Waals surface area contributed by atoms with Gasteiger partial charge in [0.2, 0.25) is 0 Å².